The standard InChI is InChI=1S/C22H30N4O2/c1-21(2,3)20(27)26-9-5-7-22(16-26)8-10-25(15-22)14-17-12-23-19(24-13-17)18-6-4-11-28-18/h4,6,11-13H,5,7-10,14-16H2,1-3H3. The van der Waals surface area contributed by atoms with E-state index in [1.165, 1.54) is 6.42 Å². The SMILES string of the molecule is CC(C)(C)C(=O)N1CCCC2(CCN(Cc3cnc(-c4ccco4)nc3)C2)C1. The van der Waals surface area contributed by atoms with Gasteiger partial charge in [0.2, 0.25) is 5.91 Å². The minimum atomic E-state index is -0.302. The van der Waals surface area contributed by atoms with E-state index in [0.29, 0.717) is 11.6 Å². The van der Waals surface area contributed by atoms with Crippen molar-refractivity contribution in [1.82, 2.24) is 19.8 Å². The second-order valence-electron chi connectivity index (χ2n) is 9.43. The molecule has 1 unspecified atom stereocenters. The Hall–Kier alpha value is -2.21. The van der Waals surface area contributed by atoms with Gasteiger partial charge in [-0.2, -0.15) is 0 Å². The van der Waals surface area contributed by atoms with Gasteiger partial charge in [0.1, 0.15) is 0 Å². The first-order valence-corrected chi connectivity index (χ1v) is 10.2. The lowest BCUT2D eigenvalue weighted by atomic mass is 9.78. The number of aromatic nitrogens is 2. The minimum Gasteiger partial charge on any atom is -0.461 e. The Kier molecular flexibility index (Phi) is 5.00. The number of carbonyl (C=O) groups excluding carboxylic acids is 1. The van der Waals surface area contributed by atoms with Crippen LogP contribution in [-0.4, -0.2) is 51.9 Å². The van der Waals surface area contributed by atoms with Crippen LogP contribution in [0.25, 0.3) is 11.6 Å². The molecule has 1 atom stereocenters. The van der Waals surface area contributed by atoms with Crippen molar-refractivity contribution < 1.29 is 9.21 Å². The maximum Gasteiger partial charge on any atom is 0.227 e. The molecule has 150 valence electrons. The number of carbonyl (C=O) groups is 1. The van der Waals surface area contributed by atoms with Gasteiger partial charge < -0.3 is 9.32 Å². The van der Waals surface area contributed by atoms with Gasteiger partial charge in [-0.15, -0.1) is 0 Å². The van der Waals surface area contributed by atoms with E-state index in [1.54, 1.807) is 6.26 Å². The quantitative estimate of drug-likeness (QED) is 0.812. The number of rotatable bonds is 3. The lowest BCUT2D eigenvalue weighted by Crippen LogP contribution is -2.50. The molecule has 4 rings (SSSR count). The van der Waals surface area contributed by atoms with Crippen molar-refractivity contribution in [2.45, 2.75) is 46.6 Å². The first-order valence-electron chi connectivity index (χ1n) is 10.2. The second-order valence-corrected chi connectivity index (χ2v) is 9.43. The van der Waals surface area contributed by atoms with Gasteiger partial charge in [0, 0.05) is 55.0 Å². The van der Waals surface area contributed by atoms with Crippen LogP contribution in [-0.2, 0) is 11.3 Å². The molecule has 1 spiro atoms. The van der Waals surface area contributed by atoms with Crippen molar-refractivity contribution in [3.63, 3.8) is 0 Å². The molecule has 2 saturated heterocycles. The number of piperidine rings is 1. The summed E-state index contributed by atoms with van der Waals surface area (Å²) in [5.74, 6) is 1.60. The summed E-state index contributed by atoms with van der Waals surface area (Å²) < 4.78 is 5.35. The van der Waals surface area contributed by atoms with E-state index in [-0.39, 0.29) is 16.7 Å². The molecular formula is C22H30N4O2. The van der Waals surface area contributed by atoms with Gasteiger partial charge in [0.05, 0.1) is 6.26 Å². The topological polar surface area (TPSA) is 62.5 Å². The van der Waals surface area contributed by atoms with E-state index in [9.17, 15) is 4.79 Å². The molecule has 0 bridgehead atoms. The molecule has 2 aromatic rings. The maximum atomic E-state index is 12.7. The molecule has 2 fully saturated rings. The minimum absolute atomic E-state index is 0.244. The van der Waals surface area contributed by atoms with Crippen LogP contribution in [0.5, 0.6) is 0 Å². The fourth-order valence-electron chi connectivity index (χ4n) is 4.58. The highest BCUT2D eigenvalue weighted by Crippen LogP contribution is 2.40. The number of nitrogens with zero attached hydrogens (tertiary/aromatic N) is 4. The van der Waals surface area contributed by atoms with Gasteiger partial charge in [-0.05, 0) is 37.9 Å². The Morgan fingerprint density at radius 1 is 1.18 bits per heavy atom. The van der Waals surface area contributed by atoms with Crippen LogP contribution in [0, 0.1) is 10.8 Å². The second kappa shape index (κ2) is 7.32. The van der Waals surface area contributed by atoms with Crippen molar-refractivity contribution >= 4 is 5.91 Å². The third kappa shape index (κ3) is 3.97. The molecule has 0 aromatic carbocycles. The molecule has 4 heterocycles. The van der Waals surface area contributed by atoms with Crippen LogP contribution in [0.15, 0.2) is 35.2 Å². The Labute approximate surface area is 167 Å². The summed E-state index contributed by atoms with van der Waals surface area (Å²) in [5.41, 5.74) is 1.06. The third-order valence-corrected chi connectivity index (χ3v) is 5.96. The number of likely N-dealkylation sites (tertiary alicyclic amines) is 2. The van der Waals surface area contributed by atoms with Gasteiger partial charge in [0.15, 0.2) is 11.6 Å². The highest BCUT2D eigenvalue weighted by Gasteiger charge is 2.43. The van der Waals surface area contributed by atoms with E-state index >= 15 is 0 Å². The summed E-state index contributed by atoms with van der Waals surface area (Å²) >= 11 is 0. The summed E-state index contributed by atoms with van der Waals surface area (Å²) in [4.78, 5) is 26.2. The molecule has 1 amide bonds. The van der Waals surface area contributed by atoms with Crippen molar-refractivity contribution in [3.8, 4) is 11.6 Å². The maximum absolute atomic E-state index is 12.7. The highest BCUT2D eigenvalue weighted by atomic mass is 16.3. The molecule has 0 N–H and O–H groups in total. The summed E-state index contributed by atoms with van der Waals surface area (Å²) in [5, 5.41) is 0. The average molecular weight is 383 g/mol. The van der Waals surface area contributed by atoms with Crippen LogP contribution >= 0.6 is 0 Å². The first-order chi connectivity index (χ1) is 13.3. The number of hydrogen-bond donors (Lipinski definition) is 0. The van der Waals surface area contributed by atoms with E-state index in [0.717, 1.165) is 51.1 Å². The molecule has 0 radical (unpaired) electrons. The average Bonchev–Trinajstić information content (AvgIpc) is 3.32. The van der Waals surface area contributed by atoms with Crippen LogP contribution in [0.1, 0.15) is 45.6 Å². The van der Waals surface area contributed by atoms with Gasteiger partial charge in [0.25, 0.3) is 0 Å². The smallest absolute Gasteiger partial charge is 0.227 e. The van der Waals surface area contributed by atoms with Gasteiger partial charge in [-0.25, -0.2) is 9.97 Å². The zero-order valence-electron chi connectivity index (χ0n) is 17.1. The molecule has 0 aliphatic carbocycles. The Balaban J connectivity index is 1.38. The predicted molar refractivity (Wildman–Crippen MR) is 107 cm³/mol. The normalized spacial score (nSPS) is 23.5. The van der Waals surface area contributed by atoms with Gasteiger partial charge >= 0.3 is 0 Å². The molecule has 6 nitrogen and oxygen atoms in total. The highest BCUT2D eigenvalue weighted by molar-refractivity contribution is 5.81. The Morgan fingerprint density at radius 2 is 1.96 bits per heavy atom. The molecule has 2 aromatic heterocycles. The third-order valence-electron chi connectivity index (χ3n) is 5.96. The summed E-state index contributed by atoms with van der Waals surface area (Å²) in [6.45, 7) is 10.8. The van der Waals surface area contributed by atoms with Crippen molar-refractivity contribution in [2.24, 2.45) is 10.8 Å². The number of hydrogen-bond acceptors (Lipinski definition) is 5. The predicted octanol–water partition coefficient (Wildman–Crippen LogP) is 3.60. The van der Waals surface area contributed by atoms with Crippen LogP contribution < -0.4 is 0 Å². The van der Waals surface area contributed by atoms with Crippen LogP contribution in [0.3, 0.4) is 0 Å². The number of amides is 1. The van der Waals surface area contributed by atoms with Crippen LogP contribution in [0.4, 0.5) is 0 Å². The molecular weight excluding hydrogens is 352 g/mol. The van der Waals surface area contributed by atoms with Crippen molar-refractivity contribution in [1.29, 1.82) is 0 Å². The monoisotopic (exact) mass is 382 g/mol. The molecule has 2 aliphatic rings. The summed E-state index contributed by atoms with van der Waals surface area (Å²) in [7, 11) is 0. The van der Waals surface area contributed by atoms with E-state index in [2.05, 4.69) is 19.8 Å². The van der Waals surface area contributed by atoms with E-state index < -0.39 is 0 Å². The Bertz CT molecular complexity index is 810. The van der Waals surface area contributed by atoms with Gasteiger partial charge in [-0.3, -0.25) is 9.69 Å². The first kappa shape index (κ1) is 19.1. The molecule has 28 heavy (non-hydrogen) atoms. The zero-order valence-corrected chi connectivity index (χ0v) is 17.1. The Morgan fingerprint density at radius 3 is 2.64 bits per heavy atom. The molecule has 6 heteroatoms. The largest absolute Gasteiger partial charge is 0.461 e. The van der Waals surface area contributed by atoms with Crippen molar-refractivity contribution in [3.05, 3.63) is 36.4 Å². The van der Waals surface area contributed by atoms with Crippen molar-refractivity contribution in [2.75, 3.05) is 26.2 Å². The molecule has 2 aliphatic heterocycles. The van der Waals surface area contributed by atoms with E-state index in [4.69, 9.17) is 4.42 Å². The fraction of sp³-hybridized carbons (Fsp3) is 0.591. The lowest BCUT2D eigenvalue weighted by molar-refractivity contribution is -0.143. The van der Waals surface area contributed by atoms with Gasteiger partial charge in [-0.1, -0.05) is 20.8 Å². The summed E-state index contributed by atoms with van der Waals surface area (Å²) in [6, 6.07) is 3.71. The lowest BCUT2D eigenvalue weighted by Gasteiger charge is -2.42. The molecule has 0 saturated carbocycles. The fourth-order valence-corrected chi connectivity index (χ4v) is 4.58. The zero-order chi connectivity index (χ0) is 19.8. The summed E-state index contributed by atoms with van der Waals surface area (Å²) in [6.07, 6.45) is 8.90. The van der Waals surface area contributed by atoms with Crippen LogP contribution in [0.2, 0.25) is 0 Å². The van der Waals surface area contributed by atoms with E-state index in [1.807, 2.05) is 45.3 Å². The number of furan rings is 1.